The lowest BCUT2D eigenvalue weighted by molar-refractivity contribution is 0.282. The summed E-state index contributed by atoms with van der Waals surface area (Å²) in [5.41, 5.74) is 4.12. The third-order valence-electron chi connectivity index (χ3n) is 8.56. The summed E-state index contributed by atoms with van der Waals surface area (Å²) in [7, 11) is 0. The molecule has 4 saturated carbocycles. The van der Waals surface area contributed by atoms with Crippen molar-refractivity contribution < 1.29 is 0 Å². The van der Waals surface area contributed by atoms with Crippen molar-refractivity contribution >= 4 is 11.6 Å². The maximum absolute atomic E-state index is 6.53. The normalized spacial score (nSPS) is 32.3. The molecule has 0 N–H and O–H groups in total. The molecule has 4 aliphatic rings. The van der Waals surface area contributed by atoms with E-state index in [4.69, 9.17) is 11.6 Å². The number of alkyl halides is 1. The molecule has 4 aliphatic carbocycles. The third-order valence-corrected chi connectivity index (χ3v) is 9.00. The maximum atomic E-state index is 6.53. The molecule has 0 aliphatic heterocycles. The van der Waals surface area contributed by atoms with E-state index < -0.39 is 0 Å². The van der Waals surface area contributed by atoms with Crippen LogP contribution in [-0.4, -0.2) is 5.38 Å². The van der Waals surface area contributed by atoms with E-state index in [0.717, 1.165) is 23.7 Å². The van der Waals surface area contributed by atoms with E-state index in [1.54, 1.807) is 0 Å². The van der Waals surface area contributed by atoms with Crippen LogP contribution in [0.1, 0.15) is 122 Å². The van der Waals surface area contributed by atoms with Crippen molar-refractivity contribution in [2.24, 2.45) is 23.7 Å². The molecule has 0 unspecified atom stereocenters. The minimum Gasteiger partial charge on any atom is -0.123 e. The van der Waals surface area contributed by atoms with Crippen molar-refractivity contribution in [1.82, 2.24) is 0 Å². The second-order valence-electron chi connectivity index (χ2n) is 10.4. The van der Waals surface area contributed by atoms with Crippen LogP contribution >= 0.6 is 11.6 Å². The standard InChI is InChI=1S/C26H43Cl/c27-24-18-16-23(17-19-24)26(22-14-8-3-9-15-22)25(20-10-4-1-5-11-20)21-12-6-2-7-13-21/h20-24H,1-19H2. The third kappa shape index (κ3) is 5.15. The first-order valence-corrected chi connectivity index (χ1v) is 13.1. The van der Waals surface area contributed by atoms with Gasteiger partial charge in [0.15, 0.2) is 0 Å². The number of hydrogen-bond acceptors (Lipinski definition) is 0. The summed E-state index contributed by atoms with van der Waals surface area (Å²) in [4.78, 5) is 0. The lowest BCUT2D eigenvalue weighted by Gasteiger charge is -2.41. The van der Waals surface area contributed by atoms with Crippen LogP contribution in [0.15, 0.2) is 11.1 Å². The molecule has 4 fully saturated rings. The lowest BCUT2D eigenvalue weighted by atomic mass is 9.64. The van der Waals surface area contributed by atoms with Crippen LogP contribution in [-0.2, 0) is 0 Å². The van der Waals surface area contributed by atoms with Crippen LogP contribution in [0.3, 0.4) is 0 Å². The van der Waals surface area contributed by atoms with Gasteiger partial charge in [-0.2, -0.15) is 0 Å². The van der Waals surface area contributed by atoms with Crippen molar-refractivity contribution in [2.45, 2.75) is 127 Å². The molecule has 0 bridgehead atoms. The van der Waals surface area contributed by atoms with Gasteiger partial charge in [-0.3, -0.25) is 0 Å². The zero-order valence-electron chi connectivity index (χ0n) is 17.7. The van der Waals surface area contributed by atoms with Crippen molar-refractivity contribution in [3.8, 4) is 0 Å². The predicted molar refractivity (Wildman–Crippen MR) is 118 cm³/mol. The fourth-order valence-electron chi connectivity index (χ4n) is 7.21. The first kappa shape index (κ1) is 20.3. The van der Waals surface area contributed by atoms with Gasteiger partial charge in [0.1, 0.15) is 0 Å². The number of hydrogen-bond donors (Lipinski definition) is 0. The highest BCUT2D eigenvalue weighted by atomic mass is 35.5. The van der Waals surface area contributed by atoms with Gasteiger partial charge in [-0.05, 0) is 87.9 Å². The van der Waals surface area contributed by atoms with E-state index in [-0.39, 0.29) is 0 Å². The molecule has 27 heavy (non-hydrogen) atoms. The number of rotatable bonds is 4. The smallest absolute Gasteiger partial charge is 0.0336 e. The molecule has 0 saturated heterocycles. The Kier molecular flexibility index (Phi) is 7.65. The van der Waals surface area contributed by atoms with E-state index in [9.17, 15) is 0 Å². The van der Waals surface area contributed by atoms with Crippen molar-refractivity contribution in [3.63, 3.8) is 0 Å². The Hall–Kier alpha value is 0.0300. The second kappa shape index (κ2) is 10.2. The van der Waals surface area contributed by atoms with Crippen molar-refractivity contribution in [1.29, 1.82) is 0 Å². The molecule has 0 radical (unpaired) electrons. The van der Waals surface area contributed by atoms with Crippen LogP contribution in [0.25, 0.3) is 0 Å². The zero-order chi connectivity index (χ0) is 18.5. The fourth-order valence-corrected chi connectivity index (χ4v) is 7.47. The summed E-state index contributed by atoms with van der Waals surface area (Å²) >= 11 is 6.53. The highest BCUT2D eigenvalue weighted by Gasteiger charge is 2.35. The first-order chi connectivity index (χ1) is 13.3. The van der Waals surface area contributed by atoms with Crippen LogP contribution in [0.2, 0.25) is 0 Å². The highest BCUT2D eigenvalue weighted by molar-refractivity contribution is 6.20. The molecule has 0 heterocycles. The van der Waals surface area contributed by atoms with Gasteiger partial charge in [0.25, 0.3) is 0 Å². The molecule has 0 aromatic carbocycles. The summed E-state index contributed by atoms with van der Waals surface area (Å²) in [5.74, 6) is 3.73. The average molecular weight is 391 g/mol. The maximum Gasteiger partial charge on any atom is 0.0336 e. The van der Waals surface area contributed by atoms with Crippen LogP contribution in [0.5, 0.6) is 0 Å². The first-order valence-electron chi connectivity index (χ1n) is 12.7. The van der Waals surface area contributed by atoms with Gasteiger partial charge in [-0.1, -0.05) is 68.9 Å². The molecule has 1 heteroatoms. The van der Waals surface area contributed by atoms with Gasteiger partial charge in [-0.15, -0.1) is 11.6 Å². The number of halogens is 1. The van der Waals surface area contributed by atoms with Crippen LogP contribution < -0.4 is 0 Å². The van der Waals surface area contributed by atoms with E-state index in [2.05, 4.69) is 11.1 Å². The SMILES string of the molecule is ClC1CCC(C(=C(C2CCCCC2)C2CCCCC2)C2CCCCC2)CC1. The summed E-state index contributed by atoms with van der Waals surface area (Å²) in [6.07, 6.45) is 27.8. The summed E-state index contributed by atoms with van der Waals surface area (Å²) in [5, 5.41) is 0.460. The Balaban J connectivity index is 1.69. The summed E-state index contributed by atoms with van der Waals surface area (Å²) in [6, 6.07) is 0. The van der Waals surface area contributed by atoms with E-state index >= 15 is 0 Å². The lowest BCUT2D eigenvalue weighted by Crippen LogP contribution is -2.29. The molecule has 0 nitrogen and oxygen atoms in total. The molecule has 154 valence electrons. The Labute approximate surface area is 173 Å². The average Bonchev–Trinajstić information content (AvgIpc) is 2.75. The number of allylic oxidation sites excluding steroid dienone is 2. The van der Waals surface area contributed by atoms with Gasteiger partial charge < -0.3 is 0 Å². The summed E-state index contributed by atoms with van der Waals surface area (Å²) < 4.78 is 0. The van der Waals surface area contributed by atoms with Gasteiger partial charge in [-0.25, -0.2) is 0 Å². The molecule has 0 aromatic rings. The predicted octanol–water partition coefficient (Wildman–Crippen LogP) is 8.82. The Morgan fingerprint density at radius 3 is 1.00 bits per heavy atom. The topological polar surface area (TPSA) is 0 Å². The highest BCUT2D eigenvalue weighted by Crippen LogP contribution is 2.49. The quantitative estimate of drug-likeness (QED) is 0.332. The molecule has 4 rings (SSSR count). The Bertz CT molecular complexity index is 446. The van der Waals surface area contributed by atoms with Gasteiger partial charge >= 0.3 is 0 Å². The zero-order valence-corrected chi connectivity index (χ0v) is 18.5. The minimum atomic E-state index is 0.460. The Morgan fingerprint density at radius 2 is 0.667 bits per heavy atom. The van der Waals surface area contributed by atoms with Crippen LogP contribution in [0, 0.1) is 23.7 Å². The van der Waals surface area contributed by atoms with E-state index in [1.807, 2.05) is 0 Å². The monoisotopic (exact) mass is 390 g/mol. The molecule has 0 spiro atoms. The molecule has 0 aromatic heterocycles. The molecular weight excluding hydrogens is 348 g/mol. The van der Waals surface area contributed by atoms with Gasteiger partial charge in [0, 0.05) is 5.38 Å². The van der Waals surface area contributed by atoms with Crippen LogP contribution in [0.4, 0.5) is 0 Å². The van der Waals surface area contributed by atoms with Crippen molar-refractivity contribution in [2.75, 3.05) is 0 Å². The largest absolute Gasteiger partial charge is 0.123 e. The van der Waals surface area contributed by atoms with E-state index in [0.29, 0.717) is 5.38 Å². The molecular formula is C26H43Cl. The fraction of sp³-hybridized carbons (Fsp3) is 0.923. The van der Waals surface area contributed by atoms with Gasteiger partial charge in [0.2, 0.25) is 0 Å². The molecule has 0 atom stereocenters. The van der Waals surface area contributed by atoms with Gasteiger partial charge in [0.05, 0.1) is 0 Å². The molecule has 0 amide bonds. The summed E-state index contributed by atoms with van der Waals surface area (Å²) in [6.45, 7) is 0. The Morgan fingerprint density at radius 1 is 0.370 bits per heavy atom. The minimum absolute atomic E-state index is 0.460. The van der Waals surface area contributed by atoms with Crippen molar-refractivity contribution in [3.05, 3.63) is 11.1 Å². The second-order valence-corrected chi connectivity index (χ2v) is 11.0. The van der Waals surface area contributed by atoms with E-state index in [1.165, 1.54) is 122 Å².